The molecule has 0 fully saturated rings. The minimum Gasteiger partial charge on any atom is -0.347 e. The highest BCUT2D eigenvalue weighted by Gasteiger charge is 2.45. The average Bonchev–Trinajstić information content (AvgIpc) is 2.56. The lowest BCUT2D eigenvalue weighted by molar-refractivity contribution is -0.130. The van der Waals surface area contributed by atoms with E-state index in [1.165, 1.54) is 5.57 Å². The molecule has 0 aromatic rings. The molecule has 1 rings (SSSR count). The van der Waals surface area contributed by atoms with Crippen molar-refractivity contribution in [1.82, 2.24) is 5.32 Å². The Bertz CT molecular complexity index is 704. The zero-order chi connectivity index (χ0) is 21.6. The van der Waals surface area contributed by atoms with Gasteiger partial charge in [-0.05, 0) is 76.9 Å². The van der Waals surface area contributed by atoms with Crippen molar-refractivity contribution in [3.63, 3.8) is 0 Å². The normalized spacial score (nSPS) is 31.9. The van der Waals surface area contributed by atoms with E-state index in [-0.39, 0.29) is 22.5 Å². The van der Waals surface area contributed by atoms with E-state index in [0.29, 0.717) is 6.42 Å². The highest BCUT2D eigenvalue weighted by Crippen LogP contribution is 2.50. The van der Waals surface area contributed by atoms with Crippen LogP contribution in [0.3, 0.4) is 0 Å². The molecule has 27 heavy (non-hydrogen) atoms. The fourth-order valence-corrected chi connectivity index (χ4v) is 3.93. The fourth-order valence-electron chi connectivity index (χ4n) is 3.93. The van der Waals surface area contributed by atoms with Crippen LogP contribution in [0, 0.1) is 16.2 Å². The number of ketones is 1. The summed E-state index contributed by atoms with van der Waals surface area (Å²) in [7, 11) is 0. The van der Waals surface area contributed by atoms with Crippen LogP contribution in [-0.4, -0.2) is 17.2 Å². The van der Waals surface area contributed by atoms with E-state index in [1.807, 2.05) is 34.6 Å². The Morgan fingerprint density at radius 1 is 0.815 bits per heavy atom. The number of hydrogen-bond acceptors (Lipinski definition) is 2. The van der Waals surface area contributed by atoms with E-state index in [4.69, 9.17) is 0 Å². The highest BCUT2D eigenvalue weighted by atomic mass is 16.2. The second-order valence-corrected chi connectivity index (χ2v) is 10.4. The van der Waals surface area contributed by atoms with Gasteiger partial charge in [-0.25, -0.2) is 0 Å². The van der Waals surface area contributed by atoms with Gasteiger partial charge in [-0.1, -0.05) is 45.8 Å². The zero-order valence-corrected chi connectivity index (χ0v) is 19.7. The lowest BCUT2D eigenvalue weighted by atomic mass is 9.59. The van der Waals surface area contributed by atoms with Crippen LogP contribution in [0.4, 0.5) is 0 Å². The van der Waals surface area contributed by atoms with Gasteiger partial charge in [0.1, 0.15) is 0 Å². The number of allylic oxidation sites excluding steroid dienone is 2. The Morgan fingerprint density at radius 2 is 1.30 bits per heavy atom. The molecule has 1 aliphatic rings. The van der Waals surface area contributed by atoms with Gasteiger partial charge >= 0.3 is 0 Å². The molecule has 0 aromatic carbocycles. The minimum absolute atomic E-state index is 0.0284. The Kier molecular flexibility index (Phi) is 6.33. The molecule has 0 bridgehead atoms. The highest BCUT2D eigenvalue weighted by molar-refractivity contribution is 5.96. The maximum absolute atomic E-state index is 13.4. The first-order valence-corrected chi connectivity index (χ1v) is 10.2. The van der Waals surface area contributed by atoms with Crippen LogP contribution < -0.4 is 5.32 Å². The van der Waals surface area contributed by atoms with Gasteiger partial charge in [-0.2, -0.15) is 0 Å². The molecule has 1 heterocycles. The summed E-state index contributed by atoms with van der Waals surface area (Å²) in [6.45, 7) is 24.9. The van der Waals surface area contributed by atoms with Crippen molar-refractivity contribution in [1.29, 1.82) is 0 Å². The molecule has 1 atom stereocenters. The molecule has 0 aromatic heterocycles. The Labute approximate surface area is 167 Å². The van der Waals surface area contributed by atoms with Crippen molar-refractivity contribution in [2.24, 2.45) is 16.2 Å². The first kappa shape index (κ1) is 23.7. The summed E-state index contributed by atoms with van der Waals surface area (Å²) in [5, 5.41) is 3.23. The summed E-state index contributed by atoms with van der Waals surface area (Å²) in [5.74, 6) is 0.192. The average molecular weight is 376 g/mol. The van der Waals surface area contributed by atoms with E-state index < -0.39 is 11.0 Å². The summed E-state index contributed by atoms with van der Waals surface area (Å²) < 4.78 is 0. The molecule has 3 heteroatoms. The number of carbonyl (C=O) groups is 2. The summed E-state index contributed by atoms with van der Waals surface area (Å²) in [6.07, 6.45) is 1.22. The van der Waals surface area contributed by atoms with Gasteiger partial charge in [0.05, 0.1) is 11.0 Å². The quantitative estimate of drug-likeness (QED) is 0.572. The third kappa shape index (κ3) is 3.93. The van der Waals surface area contributed by atoms with Crippen molar-refractivity contribution in [3.05, 3.63) is 22.3 Å². The molecule has 0 aliphatic carbocycles. The topological polar surface area (TPSA) is 46.2 Å². The smallest absolute Gasteiger partial charge is 0.230 e. The molecule has 0 saturated carbocycles. The molecule has 1 amide bonds. The van der Waals surface area contributed by atoms with Crippen molar-refractivity contribution >= 4 is 11.7 Å². The van der Waals surface area contributed by atoms with Crippen molar-refractivity contribution < 1.29 is 9.59 Å². The van der Waals surface area contributed by atoms with Crippen molar-refractivity contribution in [2.45, 2.75) is 101 Å². The predicted octanol–water partition coefficient (Wildman–Crippen LogP) is 6.00. The van der Waals surface area contributed by atoms with Gasteiger partial charge in [0.15, 0.2) is 5.78 Å². The number of rotatable bonds is 1. The third-order valence-electron chi connectivity index (χ3n) is 8.17. The molecule has 1 N–H and O–H groups in total. The van der Waals surface area contributed by atoms with Crippen molar-refractivity contribution in [3.8, 4) is 0 Å². The van der Waals surface area contributed by atoms with Crippen LogP contribution >= 0.6 is 0 Å². The maximum Gasteiger partial charge on any atom is 0.230 e. The molecule has 0 unspecified atom stereocenters. The van der Waals surface area contributed by atoms with Crippen LogP contribution in [0.15, 0.2) is 22.3 Å². The van der Waals surface area contributed by atoms with E-state index in [1.54, 1.807) is 0 Å². The van der Waals surface area contributed by atoms with Crippen LogP contribution in [0.1, 0.15) is 95.9 Å². The Morgan fingerprint density at radius 3 is 1.74 bits per heavy atom. The first-order valence-electron chi connectivity index (χ1n) is 10.2. The summed E-state index contributed by atoms with van der Waals surface area (Å²) >= 11 is 0. The van der Waals surface area contributed by atoms with E-state index in [0.717, 1.165) is 23.1 Å². The zero-order valence-electron chi connectivity index (χ0n) is 19.7. The predicted molar refractivity (Wildman–Crippen MR) is 115 cm³/mol. The van der Waals surface area contributed by atoms with Crippen LogP contribution in [0.5, 0.6) is 0 Å². The number of amides is 1. The minimum atomic E-state index is -0.577. The largest absolute Gasteiger partial charge is 0.347 e. The van der Waals surface area contributed by atoms with Gasteiger partial charge in [-0.3, -0.25) is 9.59 Å². The number of nitrogens with one attached hydrogen (secondary N) is 1. The summed E-state index contributed by atoms with van der Waals surface area (Å²) in [6, 6.07) is 0. The molecule has 1 aliphatic heterocycles. The molecule has 0 spiro atoms. The summed E-state index contributed by atoms with van der Waals surface area (Å²) in [4.78, 5) is 26.5. The Balaban J connectivity index is 3.84. The Hall–Kier alpha value is -1.38. The van der Waals surface area contributed by atoms with Crippen LogP contribution in [-0.2, 0) is 9.59 Å². The van der Waals surface area contributed by atoms with Crippen LogP contribution in [0.25, 0.3) is 0 Å². The molecule has 154 valence electrons. The molecular formula is C24H41NO2. The number of hydrogen-bond donors (Lipinski definition) is 1. The monoisotopic (exact) mass is 375 g/mol. The first-order chi connectivity index (χ1) is 12.0. The van der Waals surface area contributed by atoms with Crippen molar-refractivity contribution in [2.75, 3.05) is 0 Å². The molecule has 3 nitrogen and oxygen atoms in total. The lowest BCUT2D eigenvalue weighted by Crippen LogP contribution is -2.52. The van der Waals surface area contributed by atoms with E-state index in [2.05, 4.69) is 53.8 Å². The van der Waals surface area contributed by atoms with Gasteiger partial charge in [0, 0.05) is 6.42 Å². The summed E-state index contributed by atoms with van der Waals surface area (Å²) in [5.41, 5.74) is 2.43. The lowest BCUT2D eigenvalue weighted by Gasteiger charge is -2.46. The number of carbonyl (C=O) groups excluding carboxylic acids is 2. The van der Waals surface area contributed by atoms with Gasteiger partial charge in [0.2, 0.25) is 5.91 Å². The van der Waals surface area contributed by atoms with Gasteiger partial charge < -0.3 is 5.32 Å². The molecule has 0 radical (unpaired) electrons. The SMILES string of the molecule is CC[C@]1(C)C(=O)NC(C)(C)/C(C)=C(\C)C(=O)CC(C)(C)C(C)(C)C(C)=C1C. The maximum atomic E-state index is 13.4. The second-order valence-electron chi connectivity index (χ2n) is 10.4. The standard InChI is InChI=1S/C24H41NO2/c1-13-24(12)18(5)17(4)22(8,9)21(6,7)14-19(26)15(2)16(3)23(10,11)25-20(24)27/h13-14H2,1-12H3,(H,25,27)/b16-15+,18-17?/t24-/m0/s1. The fraction of sp³-hybridized carbons (Fsp3) is 0.750. The van der Waals surface area contributed by atoms with Gasteiger partial charge in [-0.15, -0.1) is 0 Å². The van der Waals surface area contributed by atoms with Gasteiger partial charge in [0.25, 0.3) is 0 Å². The van der Waals surface area contributed by atoms with E-state index >= 15 is 0 Å². The second kappa shape index (κ2) is 7.22. The molecule has 0 saturated heterocycles. The van der Waals surface area contributed by atoms with Crippen LogP contribution in [0.2, 0.25) is 0 Å². The molecular weight excluding hydrogens is 334 g/mol. The van der Waals surface area contributed by atoms with E-state index in [9.17, 15) is 9.59 Å². The number of Topliss-reactive ketones (excluding diaryl/α,β-unsaturated/α-hetero) is 1. The third-order valence-corrected chi connectivity index (χ3v) is 8.17.